The minimum absolute atomic E-state index is 0.0207. The Hall–Kier alpha value is -3.19. The highest BCUT2D eigenvalue weighted by atomic mass is 16.5. The topological polar surface area (TPSA) is 73.7 Å². The number of rotatable bonds is 4. The third-order valence-electron chi connectivity index (χ3n) is 4.87. The number of morpholine rings is 1. The average molecular weight is 379 g/mol. The number of carbonyl (C=O) groups excluding carboxylic acids is 2. The summed E-state index contributed by atoms with van der Waals surface area (Å²) >= 11 is 0. The lowest BCUT2D eigenvalue weighted by Gasteiger charge is -2.26. The fourth-order valence-electron chi connectivity index (χ4n) is 3.37. The van der Waals surface area contributed by atoms with E-state index in [4.69, 9.17) is 9.47 Å². The summed E-state index contributed by atoms with van der Waals surface area (Å²) in [4.78, 5) is 26.4. The third kappa shape index (κ3) is 3.48. The molecule has 0 unspecified atom stereocenters. The van der Waals surface area contributed by atoms with Gasteiger partial charge in [0.05, 0.1) is 32.4 Å². The van der Waals surface area contributed by atoms with Crippen molar-refractivity contribution in [2.45, 2.75) is 6.54 Å². The lowest BCUT2D eigenvalue weighted by molar-refractivity contribution is 0.0303. The average Bonchev–Trinajstić information content (AvgIpc) is 3.12. The lowest BCUT2D eigenvalue weighted by atomic mass is 10.1. The molecule has 7 heteroatoms. The zero-order chi connectivity index (χ0) is 19.5. The number of hydrogen-bond donors (Lipinski definition) is 0. The fourth-order valence-corrected chi connectivity index (χ4v) is 3.37. The summed E-state index contributed by atoms with van der Waals surface area (Å²) in [5.74, 6) is -0.436. The second kappa shape index (κ2) is 7.82. The number of para-hydroxylation sites is 1. The summed E-state index contributed by atoms with van der Waals surface area (Å²) < 4.78 is 11.9. The first-order valence-electron chi connectivity index (χ1n) is 9.17. The summed E-state index contributed by atoms with van der Waals surface area (Å²) in [6.45, 7) is 2.90. The van der Waals surface area contributed by atoms with Crippen LogP contribution in [0.3, 0.4) is 0 Å². The SMILES string of the molecule is COC(=O)c1nn(Cc2ccc(C(=O)N3CCOCC3)cc2)c2ccccc12. The van der Waals surface area contributed by atoms with Crippen LogP contribution in [0.4, 0.5) is 0 Å². The van der Waals surface area contributed by atoms with Crippen molar-refractivity contribution in [3.05, 3.63) is 65.4 Å². The highest BCUT2D eigenvalue weighted by molar-refractivity contribution is 6.02. The Morgan fingerprint density at radius 2 is 1.79 bits per heavy atom. The van der Waals surface area contributed by atoms with Gasteiger partial charge in [-0.05, 0) is 23.8 Å². The van der Waals surface area contributed by atoms with Gasteiger partial charge in [-0.3, -0.25) is 9.48 Å². The molecule has 2 heterocycles. The molecule has 1 aromatic heterocycles. The van der Waals surface area contributed by atoms with E-state index < -0.39 is 5.97 Å². The molecule has 4 rings (SSSR count). The van der Waals surface area contributed by atoms with Crippen molar-refractivity contribution in [3.63, 3.8) is 0 Å². The molecule has 0 spiro atoms. The van der Waals surface area contributed by atoms with Gasteiger partial charge in [-0.2, -0.15) is 5.10 Å². The Morgan fingerprint density at radius 1 is 1.07 bits per heavy atom. The highest BCUT2D eigenvalue weighted by Crippen LogP contribution is 2.20. The Kier molecular flexibility index (Phi) is 5.08. The number of fused-ring (bicyclic) bond motifs is 1. The molecule has 28 heavy (non-hydrogen) atoms. The molecular weight excluding hydrogens is 358 g/mol. The molecule has 0 atom stereocenters. The van der Waals surface area contributed by atoms with Crippen molar-refractivity contribution in [3.8, 4) is 0 Å². The second-order valence-corrected chi connectivity index (χ2v) is 6.62. The van der Waals surface area contributed by atoms with Crippen LogP contribution in [0.5, 0.6) is 0 Å². The summed E-state index contributed by atoms with van der Waals surface area (Å²) in [6, 6.07) is 15.1. The maximum Gasteiger partial charge on any atom is 0.359 e. The Labute approximate surface area is 162 Å². The van der Waals surface area contributed by atoms with E-state index in [1.165, 1.54) is 7.11 Å². The third-order valence-corrected chi connectivity index (χ3v) is 4.87. The molecule has 7 nitrogen and oxygen atoms in total. The molecule has 0 bridgehead atoms. The van der Waals surface area contributed by atoms with Gasteiger partial charge in [0.2, 0.25) is 0 Å². The minimum atomic E-state index is -0.457. The van der Waals surface area contributed by atoms with Crippen LogP contribution in [0.2, 0.25) is 0 Å². The molecule has 0 N–H and O–H groups in total. The van der Waals surface area contributed by atoms with E-state index in [0.29, 0.717) is 44.1 Å². The minimum Gasteiger partial charge on any atom is -0.464 e. The number of hydrogen-bond acceptors (Lipinski definition) is 5. The Bertz CT molecular complexity index is 1000. The van der Waals surface area contributed by atoms with E-state index in [1.54, 1.807) is 4.68 Å². The van der Waals surface area contributed by atoms with Crippen molar-refractivity contribution in [1.82, 2.24) is 14.7 Å². The van der Waals surface area contributed by atoms with Gasteiger partial charge in [0, 0.05) is 24.0 Å². The molecule has 0 saturated carbocycles. The van der Waals surface area contributed by atoms with Crippen molar-refractivity contribution >= 4 is 22.8 Å². The molecule has 1 saturated heterocycles. The first-order chi connectivity index (χ1) is 13.7. The van der Waals surface area contributed by atoms with E-state index in [-0.39, 0.29) is 5.91 Å². The van der Waals surface area contributed by atoms with E-state index in [1.807, 2.05) is 53.4 Å². The van der Waals surface area contributed by atoms with Gasteiger partial charge in [-0.15, -0.1) is 0 Å². The fraction of sp³-hybridized carbons (Fsp3) is 0.286. The molecular formula is C21H21N3O4. The molecule has 0 radical (unpaired) electrons. The molecule has 2 aromatic carbocycles. The Balaban J connectivity index is 1.56. The van der Waals surface area contributed by atoms with Gasteiger partial charge in [0.15, 0.2) is 5.69 Å². The maximum absolute atomic E-state index is 12.6. The number of nitrogens with zero attached hydrogens (tertiary/aromatic N) is 3. The van der Waals surface area contributed by atoms with Crippen LogP contribution in [0.25, 0.3) is 10.9 Å². The smallest absolute Gasteiger partial charge is 0.359 e. The number of aromatic nitrogens is 2. The van der Waals surface area contributed by atoms with Gasteiger partial charge >= 0.3 is 5.97 Å². The van der Waals surface area contributed by atoms with Gasteiger partial charge in [0.1, 0.15) is 0 Å². The first kappa shape index (κ1) is 18.2. The van der Waals surface area contributed by atoms with Crippen molar-refractivity contribution in [1.29, 1.82) is 0 Å². The number of benzene rings is 2. The van der Waals surface area contributed by atoms with Crippen LogP contribution in [0.15, 0.2) is 48.5 Å². The second-order valence-electron chi connectivity index (χ2n) is 6.62. The van der Waals surface area contributed by atoms with Crippen LogP contribution >= 0.6 is 0 Å². The molecule has 3 aromatic rings. The standard InChI is InChI=1S/C21H21N3O4/c1-27-21(26)19-17-4-2-3-5-18(17)24(22-19)14-15-6-8-16(9-7-15)20(25)23-10-12-28-13-11-23/h2-9H,10-14H2,1H3. The van der Waals surface area contributed by atoms with Crippen molar-refractivity contribution < 1.29 is 19.1 Å². The molecule has 1 amide bonds. The molecule has 144 valence electrons. The van der Waals surface area contributed by atoms with E-state index >= 15 is 0 Å². The predicted molar refractivity (Wildman–Crippen MR) is 103 cm³/mol. The monoisotopic (exact) mass is 379 g/mol. The van der Waals surface area contributed by atoms with Crippen LogP contribution in [-0.4, -0.2) is 60.0 Å². The van der Waals surface area contributed by atoms with Crippen LogP contribution < -0.4 is 0 Å². The normalized spacial score (nSPS) is 14.2. The van der Waals surface area contributed by atoms with Crippen LogP contribution in [-0.2, 0) is 16.0 Å². The van der Waals surface area contributed by atoms with Crippen LogP contribution in [0, 0.1) is 0 Å². The zero-order valence-corrected chi connectivity index (χ0v) is 15.6. The van der Waals surface area contributed by atoms with Gasteiger partial charge in [0.25, 0.3) is 5.91 Å². The van der Waals surface area contributed by atoms with E-state index in [9.17, 15) is 9.59 Å². The first-order valence-corrected chi connectivity index (χ1v) is 9.17. The number of methoxy groups -OCH3 is 1. The summed E-state index contributed by atoms with van der Waals surface area (Å²) in [5, 5.41) is 5.20. The highest BCUT2D eigenvalue weighted by Gasteiger charge is 2.19. The van der Waals surface area contributed by atoms with Crippen molar-refractivity contribution in [2.24, 2.45) is 0 Å². The number of amides is 1. The largest absolute Gasteiger partial charge is 0.464 e. The van der Waals surface area contributed by atoms with E-state index in [2.05, 4.69) is 5.10 Å². The Morgan fingerprint density at radius 3 is 2.50 bits per heavy atom. The molecule has 0 aliphatic carbocycles. The number of carbonyl (C=O) groups is 2. The molecule has 1 fully saturated rings. The van der Waals surface area contributed by atoms with Gasteiger partial charge in [-0.1, -0.05) is 30.3 Å². The van der Waals surface area contributed by atoms with Gasteiger partial charge < -0.3 is 14.4 Å². The predicted octanol–water partition coefficient (Wildman–Crippen LogP) is 2.34. The zero-order valence-electron chi connectivity index (χ0n) is 15.6. The van der Waals surface area contributed by atoms with Crippen LogP contribution in [0.1, 0.15) is 26.4 Å². The maximum atomic E-state index is 12.6. The van der Waals surface area contributed by atoms with Crippen molar-refractivity contribution in [2.75, 3.05) is 33.4 Å². The quantitative estimate of drug-likeness (QED) is 0.651. The molecule has 1 aliphatic heterocycles. The number of esters is 1. The molecule has 1 aliphatic rings. The summed E-state index contributed by atoms with van der Waals surface area (Å²) in [7, 11) is 1.35. The summed E-state index contributed by atoms with van der Waals surface area (Å²) in [5.41, 5.74) is 2.81. The number of ether oxygens (including phenoxy) is 2. The lowest BCUT2D eigenvalue weighted by Crippen LogP contribution is -2.40. The van der Waals surface area contributed by atoms with E-state index in [0.717, 1.165) is 16.5 Å². The summed E-state index contributed by atoms with van der Waals surface area (Å²) in [6.07, 6.45) is 0. The van der Waals surface area contributed by atoms with Gasteiger partial charge in [-0.25, -0.2) is 4.79 Å².